The first-order valence-corrected chi connectivity index (χ1v) is 11.2. The molecule has 2 fully saturated rings. The van der Waals surface area contributed by atoms with E-state index in [1.165, 1.54) is 70.8 Å². The lowest BCUT2D eigenvalue weighted by atomic mass is 9.61. The van der Waals surface area contributed by atoms with Crippen LogP contribution in [0, 0.1) is 29.1 Å². The Balaban J connectivity index is 1.86. The lowest BCUT2D eigenvalue weighted by Crippen LogP contribution is -2.64. The molecule has 1 heterocycles. The highest BCUT2D eigenvalue weighted by molar-refractivity contribution is 5.03. The summed E-state index contributed by atoms with van der Waals surface area (Å²) in [5.41, 5.74) is 0.353. The van der Waals surface area contributed by atoms with Crippen LogP contribution >= 0.6 is 0 Å². The average Bonchev–Trinajstić information content (AvgIpc) is 2.60. The van der Waals surface area contributed by atoms with Crippen molar-refractivity contribution in [2.45, 2.75) is 116 Å². The molecule has 0 amide bonds. The molecule has 144 valence electrons. The molecule has 2 nitrogen and oxygen atoms in total. The van der Waals surface area contributed by atoms with Crippen molar-refractivity contribution in [1.29, 1.82) is 5.26 Å². The lowest BCUT2D eigenvalue weighted by molar-refractivity contribution is -0.103. The first-order chi connectivity index (χ1) is 12.0. The fourth-order valence-electron chi connectivity index (χ4n) is 5.91. The lowest BCUT2D eigenvalue weighted by Gasteiger charge is -2.60. The zero-order chi connectivity index (χ0) is 18.3. The van der Waals surface area contributed by atoms with Gasteiger partial charge in [-0.25, -0.2) is 0 Å². The maximum atomic E-state index is 8.60. The van der Waals surface area contributed by atoms with Crippen LogP contribution in [0.1, 0.15) is 105 Å². The van der Waals surface area contributed by atoms with Gasteiger partial charge in [0, 0.05) is 18.0 Å². The standard InChI is InChI=1S/C23H42N2/c1-5-20-19(2)23(3,4)25(22-16-12-11-15-21(20)22)18-14-10-8-6-7-9-13-17-24/h19-22H,5-16,18H2,1-4H3. The van der Waals surface area contributed by atoms with E-state index in [9.17, 15) is 0 Å². The van der Waals surface area contributed by atoms with Crippen LogP contribution in [-0.2, 0) is 0 Å². The van der Waals surface area contributed by atoms with Crippen LogP contribution in [0.3, 0.4) is 0 Å². The molecule has 0 aromatic rings. The molecule has 0 aromatic heterocycles. The summed E-state index contributed by atoms with van der Waals surface area (Å²) < 4.78 is 0. The SMILES string of the molecule is CCC1C2CCCCC2N(CCCCCCCCC#N)C(C)(C)C1C. The van der Waals surface area contributed by atoms with Crippen LogP contribution in [0.25, 0.3) is 0 Å². The van der Waals surface area contributed by atoms with Gasteiger partial charge in [-0.3, -0.25) is 4.90 Å². The number of nitriles is 1. The van der Waals surface area contributed by atoms with Gasteiger partial charge in [-0.2, -0.15) is 5.26 Å². The van der Waals surface area contributed by atoms with Crippen molar-refractivity contribution in [3.8, 4) is 6.07 Å². The second-order valence-corrected chi connectivity index (χ2v) is 9.25. The topological polar surface area (TPSA) is 27.0 Å². The number of piperidine rings is 1. The second-order valence-electron chi connectivity index (χ2n) is 9.25. The third kappa shape index (κ3) is 5.00. The van der Waals surface area contributed by atoms with Crippen molar-refractivity contribution in [2.24, 2.45) is 17.8 Å². The van der Waals surface area contributed by atoms with E-state index < -0.39 is 0 Å². The van der Waals surface area contributed by atoms with Crippen LogP contribution in [0.15, 0.2) is 0 Å². The summed E-state index contributed by atoms with van der Waals surface area (Å²) in [6, 6.07) is 3.10. The summed E-state index contributed by atoms with van der Waals surface area (Å²) in [4.78, 5) is 2.93. The molecule has 0 spiro atoms. The number of unbranched alkanes of at least 4 members (excludes halogenated alkanes) is 6. The summed E-state index contributed by atoms with van der Waals surface area (Å²) in [6.45, 7) is 11.3. The smallest absolute Gasteiger partial charge is 0.0621 e. The summed E-state index contributed by atoms with van der Waals surface area (Å²) in [5.74, 6) is 2.69. The minimum Gasteiger partial charge on any atom is -0.295 e. The second kappa shape index (κ2) is 9.96. The minimum atomic E-state index is 0.353. The van der Waals surface area contributed by atoms with E-state index in [4.69, 9.17) is 5.26 Å². The molecule has 4 atom stereocenters. The van der Waals surface area contributed by atoms with Crippen LogP contribution in [0.4, 0.5) is 0 Å². The van der Waals surface area contributed by atoms with Gasteiger partial charge in [0.25, 0.3) is 0 Å². The van der Waals surface area contributed by atoms with Gasteiger partial charge in [-0.1, -0.05) is 58.8 Å². The molecular formula is C23H42N2. The molecule has 1 aliphatic carbocycles. The number of hydrogen-bond donors (Lipinski definition) is 0. The zero-order valence-electron chi connectivity index (χ0n) is 17.4. The van der Waals surface area contributed by atoms with Crippen molar-refractivity contribution in [1.82, 2.24) is 4.90 Å². The summed E-state index contributed by atoms with van der Waals surface area (Å²) in [6.07, 6.45) is 15.6. The molecule has 2 aliphatic rings. The van der Waals surface area contributed by atoms with E-state index in [2.05, 4.69) is 38.7 Å². The van der Waals surface area contributed by atoms with E-state index in [1.807, 2.05) is 0 Å². The Bertz CT molecular complexity index is 422. The Hall–Kier alpha value is -0.550. The Morgan fingerprint density at radius 2 is 1.64 bits per heavy atom. The number of rotatable bonds is 9. The Labute approximate surface area is 157 Å². The molecule has 2 rings (SSSR count). The summed E-state index contributed by atoms with van der Waals surface area (Å²) in [5, 5.41) is 8.60. The van der Waals surface area contributed by atoms with Gasteiger partial charge in [0.2, 0.25) is 0 Å². The first kappa shape index (κ1) is 20.8. The fraction of sp³-hybridized carbons (Fsp3) is 0.957. The number of likely N-dealkylation sites (tertiary alicyclic amines) is 1. The van der Waals surface area contributed by atoms with Crippen molar-refractivity contribution < 1.29 is 0 Å². The third-order valence-corrected chi connectivity index (χ3v) is 7.64. The molecule has 1 saturated heterocycles. The van der Waals surface area contributed by atoms with Crippen molar-refractivity contribution in [2.75, 3.05) is 6.54 Å². The summed E-state index contributed by atoms with van der Waals surface area (Å²) >= 11 is 0. The summed E-state index contributed by atoms with van der Waals surface area (Å²) in [7, 11) is 0. The van der Waals surface area contributed by atoms with Gasteiger partial charge < -0.3 is 0 Å². The molecule has 0 aromatic carbocycles. The normalized spacial score (nSPS) is 32.1. The van der Waals surface area contributed by atoms with E-state index in [0.29, 0.717) is 5.54 Å². The van der Waals surface area contributed by atoms with E-state index in [1.54, 1.807) is 0 Å². The van der Waals surface area contributed by atoms with E-state index in [0.717, 1.165) is 36.6 Å². The highest BCUT2D eigenvalue weighted by atomic mass is 15.2. The van der Waals surface area contributed by atoms with E-state index >= 15 is 0 Å². The fourth-order valence-corrected chi connectivity index (χ4v) is 5.91. The van der Waals surface area contributed by atoms with Gasteiger partial charge in [0.1, 0.15) is 0 Å². The largest absolute Gasteiger partial charge is 0.295 e. The van der Waals surface area contributed by atoms with Gasteiger partial charge >= 0.3 is 0 Å². The van der Waals surface area contributed by atoms with Gasteiger partial charge in [0.05, 0.1) is 6.07 Å². The van der Waals surface area contributed by atoms with Crippen LogP contribution in [0.2, 0.25) is 0 Å². The molecule has 0 radical (unpaired) electrons. The number of fused-ring (bicyclic) bond motifs is 1. The maximum absolute atomic E-state index is 8.60. The van der Waals surface area contributed by atoms with Gasteiger partial charge in [-0.05, 0) is 63.8 Å². The quantitative estimate of drug-likeness (QED) is 0.442. The zero-order valence-corrected chi connectivity index (χ0v) is 17.4. The van der Waals surface area contributed by atoms with Crippen molar-refractivity contribution in [3.63, 3.8) is 0 Å². The Morgan fingerprint density at radius 1 is 1.00 bits per heavy atom. The third-order valence-electron chi connectivity index (χ3n) is 7.64. The monoisotopic (exact) mass is 346 g/mol. The Kier molecular flexibility index (Phi) is 8.27. The molecule has 0 bridgehead atoms. The van der Waals surface area contributed by atoms with Gasteiger partial charge in [-0.15, -0.1) is 0 Å². The highest BCUT2D eigenvalue weighted by Gasteiger charge is 2.50. The predicted octanol–water partition coefficient (Wildman–Crippen LogP) is 6.56. The molecular weight excluding hydrogens is 304 g/mol. The Morgan fingerprint density at radius 3 is 2.32 bits per heavy atom. The van der Waals surface area contributed by atoms with Gasteiger partial charge in [0.15, 0.2) is 0 Å². The van der Waals surface area contributed by atoms with E-state index in [-0.39, 0.29) is 0 Å². The molecule has 0 N–H and O–H groups in total. The average molecular weight is 347 g/mol. The molecule has 1 saturated carbocycles. The van der Waals surface area contributed by atoms with Crippen molar-refractivity contribution in [3.05, 3.63) is 0 Å². The molecule has 2 heteroatoms. The first-order valence-electron chi connectivity index (χ1n) is 11.2. The maximum Gasteiger partial charge on any atom is 0.0621 e. The number of hydrogen-bond acceptors (Lipinski definition) is 2. The molecule has 4 unspecified atom stereocenters. The predicted molar refractivity (Wildman–Crippen MR) is 107 cm³/mol. The molecule has 1 aliphatic heterocycles. The van der Waals surface area contributed by atoms with Crippen LogP contribution in [0.5, 0.6) is 0 Å². The number of nitrogens with zero attached hydrogens (tertiary/aromatic N) is 2. The van der Waals surface area contributed by atoms with Crippen molar-refractivity contribution >= 4 is 0 Å². The van der Waals surface area contributed by atoms with Crippen LogP contribution < -0.4 is 0 Å². The molecule has 25 heavy (non-hydrogen) atoms. The minimum absolute atomic E-state index is 0.353. The highest BCUT2D eigenvalue weighted by Crippen LogP contribution is 2.49. The van der Waals surface area contributed by atoms with Crippen LogP contribution in [-0.4, -0.2) is 23.0 Å².